The summed E-state index contributed by atoms with van der Waals surface area (Å²) in [5, 5.41) is 0. The number of terminal acetylenes is 1. The van der Waals surface area contributed by atoms with Crippen molar-refractivity contribution in [2.24, 2.45) is 0 Å². The number of hydrogen-bond acceptors (Lipinski definition) is 4. The smallest absolute Gasteiger partial charge is 0.337 e. The fraction of sp³-hybridized carbons (Fsp3) is 0.118. The highest BCUT2D eigenvalue weighted by molar-refractivity contribution is 7.92. The molecule has 1 N–H and O–H groups in total. The Morgan fingerprint density at radius 1 is 1.22 bits per heavy atom. The Labute approximate surface area is 135 Å². The number of anilines is 1. The number of hydrogen-bond donors (Lipinski definition) is 1. The highest BCUT2D eigenvalue weighted by atomic mass is 32.2. The lowest BCUT2D eigenvalue weighted by Gasteiger charge is -2.12. The van der Waals surface area contributed by atoms with E-state index in [0.717, 1.165) is 0 Å². The SMILES string of the molecule is C#Cc1cccc(NS(=O)(=O)c2cc(C(=O)OC)ccc2C)c1. The van der Waals surface area contributed by atoms with E-state index in [-0.39, 0.29) is 10.5 Å². The Hall–Kier alpha value is -2.78. The first-order valence-electron chi connectivity index (χ1n) is 6.66. The van der Waals surface area contributed by atoms with Crippen LogP contribution in [0.3, 0.4) is 0 Å². The van der Waals surface area contributed by atoms with E-state index >= 15 is 0 Å². The van der Waals surface area contributed by atoms with Crippen LogP contribution in [0.2, 0.25) is 0 Å². The van der Waals surface area contributed by atoms with Crippen molar-refractivity contribution in [1.82, 2.24) is 0 Å². The molecule has 0 saturated carbocycles. The van der Waals surface area contributed by atoms with E-state index in [4.69, 9.17) is 6.42 Å². The summed E-state index contributed by atoms with van der Waals surface area (Å²) in [5.41, 5.74) is 1.59. The minimum Gasteiger partial charge on any atom is -0.465 e. The second-order valence-corrected chi connectivity index (χ2v) is 6.45. The molecular weight excluding hydrogens is 314 g/mol. The summed E-state index contributed by atoms with van der Waals surface area (Å²) in [5.74, 6) is 1.84. The number of nitrogens with one attached hydrogen (secondary N) is 1. The van der Waals surface area contributed by atoms with Crippen molar-refractivity contribution in [1.29, 1.82) is 0 Å². The van der Waals surface area contributed by atoms with Crippen LogP contribution in [-0.2, 0) is 14.8 Å². The van der Waals surface area contributed by atoms with Crippen molar-refractivity contribution >= 4 is 21.7 Å². The second-order valence-electron chi connectivity index (χ2n) is 4.80. The maximum Gasteiger partial charge on any atom is 0.337 e. The number of methoxy groups -OCH3 is 1. The third kappa shape index (κ3) is 3.71. The molecule has 0 aromatic heterocycles. The molecule has 2 aromatic rings. The van der Waals surface area contributed by atoms with Crippen molar-refractivity contribution in [2.75, 3.05) is 11.8 Å². The van der Waals surface area contributed by atoms with E-state index < -0.39 is 16.0 Å². The Morgan fingerprint density at radius 3 is 2.61 bits per heavy atom. The highest BCUT2D eigenvalue weighted by Crippen LogP contribution is 2.21. The number of sulfonamides is 1. The fourth-order valence-electron chi connectivity index (χ4n) is 2.02. The number of rotatable bonds is 4. The summed E-state index contributed by atoms with van der Waals surface area (Å²) < 4.78 is 32.2. The van der Waals surface area contributed by atoms with Crippen LogP contribution in [0.1, 0.15) is 21.5 Å². The van der Waals surface area contributed by atoms with Gasteiger partial charge in [0.1, 0.15) is 0 Å². The van der Waals surface area contributed by atoms with Gasteiger partial charge in [-0.3, -0.25) is 4.72 Å². The molecule has 0 aliphatic heterocycles. The van der Waals surface area contributed by atoms with E-state index in [1.165, 1.54) is 19.2 Å². The number of carbonyl (C=O) groups is 1. The van der Waals surface area contributed by atoms with Crippen molar-refractivity contribution in [3.05, 3.63) is 59.2 Å². The summed E-state index contributed by atoms with van der Waals surface area (Å²) in [6.45, 7) is 1.65. The molecule has 0 atom stereocenters. The molecule has 0 aliphatic rings. The van der Waals surface area contributed by atoms with E-state index in [0.29, 0.717) is 16.8 Å². The van der Waals surface area contributed by atoms with Gasteiger partial charge in [-0.2, -0.15) is 0 Å². The molecule has 2 rings (SSSR count). The zero-order valence-electron chi connectivity index (χ0n) is 12.7. The molecule has 0 saturated heterocycles. The normalized spacial score (nSPS) is 10.7. The average molecular weight is 329 g/mol. The van der Waals surface area contributed by atoms with Crippen molar-refractivity contribution in [3.8, 4) is 12.3 Å². The van der Waals surface area contributed by atoms with Gasteiger partial charge in [0.25, 0.3) is 10.0 Å². The standard InChI is InChI=1S/C17H15NO4S/c1-4-13-6-5-7-15(10-13)18-23(20,21)16-11-14(17(19)22-3)9-8-12(16)2/h1,5-11,18H,2-3H3. The van der Waals surface area contributed by atoms with Crippen LogP contribution < -0.4 is 4.72 Å². The van der Waals surface area contributed by atoms with Gasteiger partial charge in [0.05, 0.1) is 23.3 Å². The van der Waals surface area contributed by atoms with Crippen molar-refractivity contribution in [2.45, 2.75) is 11.8 Å². The largest absolute Gasteiger partial charge is 0.465 e. The minimum absolute atomic E-state index is 0.00603. The third-order valence-corrected chi connectivity index (χ3v) is 4.70. The first kappa shape index (κ1) is 16.6. The summed E-state index contributed by atoms with van der Waals surface area (Å²) >= 11 is 0. The number of ether oxygens (including phenoxy) is 1. The highest BCUT2D eigenvalue weighted by Gasteiger charge is 2.19. The lowest BCUT2D eigenvalue weighted by molar-refractivity contribution is 0.0600. The van der Waals surface area contributed by atoms with Gasteiger partial charge in [0.15, 0.2) is 0 Å². The third-order valence-electron chi connectivity index (χ3n) is 3.18. The number of esters is 1. The summed E-state index contributed by atoms with van der Waals surface area (Å²) in [7, 11) is -2.62. The molecular formula is C17H15NO4S. The summed E-state index contributed by atoms with van der Waals surface area (Å²) in [6, 6.07) is 10.9. The average Bonchev–Trinajstić information content (AvgIpc) is 2.54. The van der Waals surface area contributed by atoms with Crippen molar-refractivity contribution < 1.29 is 17.9 Å². The van der Waals surface area contributed by atoms with Gasteiger partial charge in [-0.05, 0) is 42.8 Å². The van der Waals surface area contributed by atoms with Gasteiger partial charge in [-0.15, -0.1) is 6.42 Å². The maximum absolute atomic E-state index is 12.6. The van der Waals surface area contributed by atoms with Gasteiger partial charge in [-0.1, -0.05) is 18.1 Å². The Bertz CT molecular complexity index is 895. The van der Waals surface area contributed by atoms with Crippen LogP contribution in [0.25, 0.3) is 0 Å². The van der Waals surface area contributed by atoms with Crippen LogP contribution in [0.4, 0.5) is 5.69 Å². The molecule has 0 amide bonds. The van der Waals surface area contributed by atoms with Gasteiger partial charge < -0.3 is 4.74 Å². The predicted molar refractivity (Wildman–Crippen MR) is 87.7 cm³/mol. The van der Waals surface area contributed by atoms with E-state index in [2.05, 4.69) is 15.4 Å². The van der Waals surface area contributed by atoms with Gasteiger partial charge >= 0.3 is 5.97 Å². The quantitative estimate of drug-likeness (QED) is 0.691. The van der Waals surface area contributed by atoms with Crippen LogP contribution in [-0.4, -0.2) is 21.5 Å². The minimum atomic E-state index is -3.86. The zero-order valence-corrected chi connectivity index (χ0v) is 13.5. The van der Waals surface area contributed by atoms with Crippen molar-refractivity contribution in [3.63, 3.8) is 0 Å². The first-order valence-corrected chi connectivity index (χ1v) is 8.14. The molecule has 6 heteroatoms. The monoisotopic (exact) mass is 329 g/mol. The van der Waals surface area contributed by atoms with Gasteiger partial charge in [-0.25, -0.2) is 13.2 Å². The zero-order chi connectivity index (χ0) is 17.0. The summed E-state index contributed by atoms with van der Waals surface area (Å²) in [4.78, 5) is 11.6. The molecule has 0 aliphatic carbocycles. The number of benzene rings is 2. The lowest BCUT2D eigenvalue weighted by Crippen LogP contribution is -2.15. The Kier molecular flexibility index (Phi) is 4.72. The van der Waals surface area contributed by atoms with E-state index in [1.54, 1.807) is 37.3 Å². The van der Waals surface area contributed by atoms with Crippen LogP contribution >= 0.6 is 0 Å². The molecule has 0 spiro atoms. The molecule has 2 aromatic carbocycles. The number of aryl methyl sites for hydroxylation is 1. The topological polar surface area (TPSA) is 72.5 Å². The number of carbonyl (C=O) groups excluding carboxylic acids is 1. The molecule has 0 bridgehead atoms. The summed E-state index contributed by atoms with van der Waals surface area (Å²) in [6.07, 6.45) is 5.31. The fourth-order valence-corrected chi connectivity index (χ4v) is 3.34. The van der Waals surface area contributed by atoms with Gasteiger partial charge in [0, 0.05) is 5.56 Å². The Morgan fingerprint density at radius 2 is 1.96 bits per heavy atom. The van der Waals surface area contributed by atoms with Crippen LogP contribution in [0.15, 0.2) is 47.4 Å². The molecule has 5 nitrogen and oxygen atoms in total. The van der Waals surface area contributed by atoms with Crippen LogP contribution in [0, 0.1) is 19.3 Å². The van der Waals surface area contributed by atoms with E-state index in [9.17, 15) is 13.2 Å². The molecule has 0 radical (unpaired) electrons. The molecule has 0 fully saturated rings. The maximum atomic E-state index is 12.6. The predicted octanol–water partition coefficient (Wildman–Crippen LogP) is 2.56. The van der Waals surface area contributed by atoms with Gasteiger partial charge in [0.2, 0.25) is 0 Å². The molecule has 0 unspecified atom stereocenters. The molecule has 118 valence electrons. The molecule has 23 heavy (non-hydrogen) atoms. The first-order chi connectivity index (χ1) is 10.9. The Balaban J connectivity index is 2.43. The lowest BCUT2D eigenvalue weighted by atomic mass is 10.1. The molecule has 0 heterocycles. The second kappa shape index (κ2) is 6.55. The van der Waals surface area contributed by atoms with Crippen LogP contribution in [0.5, 0.6) is 0 Å². The van der Waals surface area contributed by atoms with E-state index in [1.807, 2.05) is 0 Å².